The third-order valence-electron chi connectivity index (χ3n) is 8.45. The van der Waals surface area contributed by atoms with Crippen molar-refractivity contribution in [2.24, 2.45) is 34.0 Å². The minimum Gasteiger partial charge on any atom is -0.388 e. The van der Waals surface area contributed by atoms with Crippen molar-refractivity contribution in [3.05, 3.63) is 12.2 Å². The summed E-state index contributed by atoms with van der Waals surface area (Å²) in [4.78, 5) is 25.5. The summed E-state index contributed by atoms with van der Waals surface area (Å²) in [5.41, 5.74) is -0.792. The van der Waals surface area contributed by atoms with E-state index in [9.17, 15) is 19.8 Å². The Balaban J connectivity index is 1.85. The zero-order chi connectivity index (χ0) is 17.7. The molecule has 5 fully saturated rings. The van der Waals surface area contributed by atoms with Crippen LogP contribution in [0.4, 0.5) is 0 Å². The maximum absolute atomic E-state index is 13.0. The lowest BCUT2D eigenvalue weighted by molar-refractivity contribution is -0.214. The van der Waals surface area contributed by atoms with Gasteiger partial charge in [0.15, 0.2) is 5.78 Å². The average molecular weight is 332 g/mol. The van der Waals surface area contributed by atoms with Crippen LogP contribution < -0.4 is 0 Å². The smallest absolute Gasteiger partial charge is 0.171 e. The van der Waals surface area contributed by atoms with Gasteiger partial charge in [-0.2, -0.15) is 0 Å². The molecule has 0 aromatic carbocycles. The molecule has 2 bridgehead atoms. The minimum atomic E-state index is -1.02. The molecule has 4 nitrogen and oxygen atoms in total. The van der Waals surface area contributed by atoms with E-state index in [0.29, 0.717) is 30.6 Å². The van der Waals surface area contributed by atoms with Gasteiger partial charge in [-0.3, -0.25) is 9.59 Å². The van der Waals surface area contributed by atoms with E-state index in [4.69, 9.17) is 0 Å². The maximum Gasteiger partial charge on any atom is 0.171 e. The van der Waals surface area contributed by atoms with Gasteiger partial charge in [-0.1, -0.05) is 27.4 Å². The quantitative estimate of drug-likeness (QED) is 0.667. The van der Waals surface area contributed by atoms with E-state index in [1.54, 1.807) is 0 Å². The Morgan fingerprint density at radius 2 is 1.75 bits per heavy atom. The van der Waals surface area contributed by atoms with E-state index in [0.717, 1.165) is 12.8 Å². The Hall–Kier alpha value is -1.00. The van der Waals surface area contributed by atoms with Crippen LogP contribution in [0.15, 0.2) is 12.2 Å². The lowest BCUT2D eigenvalue weighted by atomic mass is 9.35. The number of ketones is 2. The molecule has 2 N–H and O–H groups in total. The summed E-state index contributed by atoms with van der Waals surface area (Å²) in [6, 6.07) is 0. The molecule has 0 aliphatic heterocycles. The lowest BCUT2D eigenvalue weighted by Crippen LogP contribution is -2.71. The van der Waals surface area contributed by atoms with Crippen molar-refractivity contribution in [2.45, 2.75) is 65.1 Å². The third kappa shape index (κ3) is 1.58. The summed E-state index contributed by atoms with van der Waals surface area (Å²) in [6.45, 7) is 10.3. The molecule has 0 unspecified atom stereocenters. The van der Waals surface area contributed by atoms with Gasteiger partial charge in [-0.25, -0.2) is 0 Å². The Morgan fingerprint density at radius 3 is 2.42 bits per heavy atom. The normalized spacial score (nSPS) is 52.9. The zero-order valence-corrected chi connectivity index (χ0v) is 14.8. The molecule has 5 aliphatic rings. The summed E-state index contributed by atoms with van der Waals surface area (Å²) < 4.78 is 0. The zero-order valence-electron chi connectivity index (χ0n) is 14.8. The predicted molar refractivity (Wildman–Crippen MR) is 89.0 cm³/mol. The number of aliphatic hydroxyl groups excluding tert-OH is 2. The topological polar surface area (TPSA) is 74.6 Å². The van der Waals surface area contributed by atoms with Gasteiger partial charge in [0, 0.05) is 17.8 Å². The fraction of sp³-hybridized carbons (Fsp3) is 0.800. The molecule has 0 saturated heterocycles. The lowest BCUT2D eigenvalue weighted by Gasteiger charge is -2.68. The van der Waals surface area contributed by atoms with Gasteiger partial charge in [-0.05, 0) is 48.5 Å². The first-order valence-electron chi connectivity index (χ1n) is 9.21. The van der Waals surface area contributed by atoms with E-state index >= 15 is 0 Å². The first kappa shape index (κ1) is 16.5. The third-order valence-corrected chi connectivity index (χ3v) is 8.45. The molecular weight excluding hydrogens is 304 g/mol. The largest absolute Gasteiger partial charge is 0.388 e. The van der Waals surface area contributed by atoms with Gasteiger partial charge in [0.2, 0.25) is 0 Å². The van der Waals surface area contributed by atoms with Crippen molar-refractivity contribution < 1.29 is 19.8 Å². The number of rotatable bonds is 0. The molecule has 5 rings (SSSR count). The predicted octanol–water partition coefficient (Wildman–Crippen LogP) is 2.28. The molecule has 4 heteroatoms. The molecular formula is C20H28O4. The number of carbonyl (C=O) groups is 2. The van der Waals surface area contributed by atoms with Crippen molar-refractivity contribution in [3.8, 4) is 0 Å². The summed E-state index contributed by atoms with van der Waals surface area (Å²) in [5.74, 6) is 0.0519. The van der Waals surface area contributed by atoms with Crippen LogP contribution in [0.1, 0.15) is 52.9 Å². The van der Waals surface area contributed by atoms with E-state index in [1.165, 1.54) is 0 Å². The summed E-state index contributed by atoms with van der Waals surface area (Å²) >= 11 is 0. The molecule has 1 spiro atoms. The van der Waals surface area contributed by atoms with Crippen LogP contribution in [0, 0.1) is 34.0 Å². The number of carbonyl (C=O) groups excluding carboxylic acids is 2. The molecule has 132 valence electrons. The average Bonchev–Trinajstić information content (AvgIpc) is 2.52. The molecule has 0 aromatic rings. The van der Waals surface area contributed by atoms with Crippen LogP contribution in [-0.2, 0) is 9.59 Å². The Morgan fingerprint density at radius 1 is 1.08 bits per heavy atom. The monoisotopic (exact) mass is 332 g/mol. The Labute approximate surface area is 143 Å². The highest BCUT2D eigenvalue weighted by atomic mass is 16.3. The van der Waals surface area contributed by atoms with Crippen molar-refractivity contribution in [3.63, 3.8) is 0 Å². The highest BCUT2D eigenvalue weighted by molar-refractivity contribution is 5.94. The van der Waals surface area contributed by atoms with Crippen LogP contribution in [0.5, 0.6) is 0 Å². The highest BCUT2D eigenvalue weighted by Gasteiger charge is 2.72. The molecule has 0 radical (unpaired) electrons. The second-order valence-electron chi connectivity index (χ2n) is 9.46. The van der Waals surface area contributed by atoms with Crippen molar-refractivity contribution in [1.29, 1.82) is 0 Å². The van der Waals surface area contributed by atoms with Crippen LogP contribution in [0.3, 0.4) is 0 Å². The first-order chi connectivity index (χ1) is 11.1. The molecule has 0 amide bonds. The fourth-order valence-electron chi connectivity index (χ4n) is 7.12. The summed E-state index contributed by atoms with van der Waals surface area (Å²) in [6.07, 6.45) is 1.47. The van der Waals surface area contributed by atoms with E-state index in [-0.39, 0.29) is 34.4 Å². The molecule has 5 aliphatic carbocycles. The second kappa shape index (κ2) is 4.59. The Bertz CT molecular complexity index is 650. The molecule has 24 heavy (non-hydrogen) atoms. The number of hydrogen-bond donors (Lipinski definition) is 2. The number of aliphatic hydroxyl groups is 2. The van der Waals surface area contributed by atoms with Crippen molar-refractivity contribution in [1.82, 2.24) is 0 Å². The van der Waals surface area contributed by atoms with Gasteiger partial charge < -0.3 is 10.2 Å². The molecule has 0 aromatic heterocycles. The summed E-state index contributed by atoms with van der Waals surface area (Å²) in [7, 11) is 0. The van der Waals surface area contributed by atoms with Crippen LogP contribution in [0.25, 0.3) is 0 Å². The highest BCUT2D eigenvalue weighted by Crippen LogP contribution is 2.70. The Kier molecular flexibility index (Phi) is 3.15. The number of Topliss-reactive ketones (excluding diaryl/α,β-unsaturated/α-hetero) is 2. The van der Waals surface area contributed by atoms with Gasteiger partial charge in [0.05, 0.1) is 11.5 Å². The van der Waals surface area contributed by atoms with E-state index < -0.39 is 17.6 Å². The first-order valence-corrected chi connectivity index (χ1v) is 9.21. The van der Waals surface area contributed by atoms with Crippen molar-refractivity contribution in [2.75, 3.05) is 0 Å². The second-order valence-corrected chi connectivity index (χ2v) is 9.46. The van der Waals surface area contributed by atoms with Gasteiger partial charge >= 0.3 is 0 Å². The molecule has 0 heterocycles. The van der Waals surface area contributed by atoms with Crippen molar-refractivity contribution >= 4 is 11.6 Å². The molecule has 7 atom stereocenters. The van der Waals surface area contributed by atoms with Crippen LogP contribution >= 0.6 is 0 Å². The van der Waals surface area contributed by atoms with Crippen LogP contribution in [-0.4, -0.2) is 34.0 Å². The number of fused-ring (bicyclic) bond motifs is 3. The van der Waals surface area contributed by atoms with Gasteiger partial charge in [0.25, 0.3) is 0 Å². The standard InChI is InChI=1S/C20H28O4/c1-10-11-9-13-19(4)7-6-14(21)18(2,3)12(19)5-8-20(13,16(10)23)17(24)15(11)22/h11-13,15-16,22-23H,1,5-9H2,2-4H3/t11-,12+,13-,15+,16-,19+,20+/m0/s1. The number of hydrogen-bond acceptors (Lipinski definition) is 4. The SMILES string of the molecule is C=C1[C@@H]2C[C@H]3[C@]4(C)CCC(=O)C(C)(C)[C@H]4CC[C@]3(C(=O)[C@@H]2O)[C@H]1O. The van der Waals surface area contributed by atoms with Gasteiger partial charge in [0.1, 0.15) is 11.9 Å². The summed E-state index contributed by atoms with van der Waals surface area (Å²) in [5, 5.41) is 21.4. The molecule has 5 saturated carbocycles. The van der Waals surface area contributed by atoms with Gasteiger partial charge in [-0.15, -0.1) is 0 Å². The fourth-order valence-corrected chi connectivity index (χ4v) is 7.12. The maximum atomic E-state index is 13.0. The van der Waals surface area contributed by atoms with E-state index in [1.807, 2.05) is 13.8 Å². The minimum absolute atomic E-state index is 0.0255. The van der Waals surface area contributed by atoms with Crippen LogP contribution in [0.2, 0.25) is 0 Å². The van der Waals surface area contributed by atoms with E-state index in [2.05, 4.69) is 13.5 Å².